The van der Waals surface area contributed by atoms with Crippen LogP contribution in [0.2, 0.25) is 0 Å². The quantitative estimate of drug-likeness (QED) is 0.899. The number of nitrogens with two attached hydrogens (primary N) is 1. The van der Waals surface area contributed by atoms with Crippen LogP contribution in [0.15, 0.2) is 42.7 Å². The van der Waals surface area contributed by atoms with Crippen molar-refractivity contribution in [2.75, 3.05) is 18.0 Å². The van der Waals surface area contributed by atoms with Crippen LogP contribution in [-0.4, -0.2) is 41.0 Å². The number of nitrogens with zero attached hydrogens (tertiary/aromatic N) is 3. The van der Waals surface area contributed by atoms with Crippen molar-refractivity contribution >= 4 is 5.69 Å². The van der Waals surface area contributed by atoms with Gasteiger partial charge in [0.25, 0.3) is 0 Å². The van der Waals surface area contributed by atoms with Crippen LogP contribution in [0, 0.1) is 0 Å². The highest BCUT2D eigenvalue weighted by Crippen LogP contribution is 2.23. The molecule has 1 aromatic heterocycles. The average molecular weight is 339 g/mol. The van der Waals surface area contributed by atoms with E-state index in [9.17, 15) is 0 Å². The zero-order valence-electron chi connectivity index (χ0n) is 14.8. The topological polar surface area (TPSA) is 59.1 Å². The molecule has 2 heterocycles. The Hall–Kier alpha value is -1.85. The fourth-order valence-corrected chi connectivity index (χ4v) is 4.25. The summed E-state index contributed by atoms with van der Waals surface area (Å²) in [5, 5.41) is 8.15. The Labute approximate surface area is 150 Å². The molecular formula is C20H29N5. The van der Waals surface area contributed by atoms with E-state index in [1.54, 1.807) is 0 Å². The number of benzene rings is 1. The molecule has 0 spiro atoms. The van der Waals surface area contributed by atoms with Crippen molar-refractivity contribution in [3.8, 4) is 5.69 Å². The molecule has 0 amide bonds. The first-order valence-corrected chi connectivity index (χ1v) is 9.66. The van der Waals surface area contributed by atoms with Crippen LogP contribution in [0.1, 0.15) is 38.5 Å². The summed E-state index contributed by atoms with van der Waals surface area (Å²) in [5.74, 6) is 0. The van der Waals surface area contributed by atoms with Gasteiger partial charge in [-0.25, -0.2) is 4.68 Å². The largest absolute Gasteiger partial charge is 0.370 e. The van der Waals surface area contributed by atoms with Crippen molar-refractivity contribution in [3.05, 3.63) is 42.7 Å². The highest BCUT2D eigenvalue weighted by Gasteiger charge is 2.27. The molecule has 2 aromatic rings. The second-order valence-electron chi connectivity index (χ2n) is 7.47. The number of hydrogen-bond donors (Lipinski definition) is 2. The van der Waals surface area contributed by atoms with Gasteiger partial charge in [0.05, 0.1) is 5.69 Å². The Kier molecular flexibility index (Phi) is 5.04. The van der Waals surface area contributed by atoms with Gasteiger partial charge < -0.3 is 16.0 Å². The normalized spacial score (nSPS) is 27.4. The Morgan fingerprint density at radius 2 is 1.80 bits per heavy atom. The maximum Gasteiger partial charge on any atom is 0.0647 e. The van der Waals surface area contributed by atoms with Crippen LogP contribution in [0.25, 0.3) is 5.69 Å². The van der Waals surface area contributed by atoms with Gasteiger partial charge >= 0.3 is 0 Å². The fourth-order valence-electron chi connectivity index (χ4n) is 4.25. The van der Waals surface area contributed by atoms with Crippen LogP contribution >= 0.6 is 0 Å². The third-order valence-electron chi connectivity index (χ3n) is 5.67. The van der Waals surface area contributed by atoms with E-state index < -0.39 is 0 Å². The van der Waals surface area contributed by atoms with Gasteiger partial charge in [-0.15, -0.1) is 0 Å². The van der Waals surface area contributed by atoms with E-state index in [1.807, 2.05) is 23.1 Å². The summed E-state index contributed by atoms with van der Waals surface area (Å²) in [4.78, 5) is 2.50. The van der Waals surface area contributed by atoms with Crippen LogP contribution in [0.5, 0.6) is 0 Å². The van der Waals surface area contributed by atoms with Gasteiger partial charge in [0.1, 0.15) is 0 Å². The molecule has 2 aliphatic rings. The first-order chi connectivity index (χ1) is 12.3. The van der Waals surface area contributed by atoms with Crippen LogP contribution < -0.4 is 16.0 Å². The second-order valence-corrected chi connectivity index (χ2v) is 7.47. The van der Waals surface area contributed by atoms with Gasteiger partial charge in [-0.3, -0.25) is 0 Å². The third-order valence-corrected chi connectivity index (χ3v) is 5.67. The lowest BCUT2D eigenvalue weighted by Gasteiger charge is -2.39. The SMILES string of the molecule is NC1CCCCC1N[C@H]1CCCN(c2ccc(-n3cccn3)cc2)C1. The molecule has 3 N–H and O–H groups in total. The molecule has 1 saturated carbocycles. The lowest BCUT2D eigenvalue weighted by Crippen LogP contribution is -2.55. The zero-order chi connectivity index (χ0) is 17.1. The van der Waals surface area contributed by atoms with Crippen molar-refractivity contribution in [1.82, 2.24) is 15.1 Å². The molecule has 1 saturated heterocycles. The molecule has 5 heteroatoms. The number of nitrogens with one attached hydrogen (secondary N) is 1. The molecule has 0 radical (unpaired) electrons. The molecule has 25 heavy (non-hydrogen) atoms. The van der Waals surface area contributed by atoms with Crippen LogP contribution in [0.4, 0.5) is 5.69 Å². The van der Waals surface area contributed by atoms with E-state index >= 15 is 0 Å². The minimum Gasteiger partial charge on any atom is -0.370 e. The second kappa shape index (κ2) is 7.58. The number of hydrogen-bond acceptors (Lipinski definition) is 4. The first-order valence-electron chi connectivity index (χ1n) is 9.66. The smallest absolute Gasteiger partial charge is 0.0647 e. The molecule has 1 aliphatic heterocycles. The lowest BCUT2D eigenvalue weighted by atomic mass is 9.89. The van der Waals surface area contributed by atoms with Gasteiger partial charge in [-0.05, 0) is 56.0 Å². The van der Waals surface area contributed by atoms with Crippen molar-refractivity contribution in [2.45, 2.75) is 56.7 Å². The monoisotopic (exact) mass is 339 g/mol. The highest BCUT2D eigenvalue weighted by atomic mass is 15.3. The number of rotatable bonds is 4. The zero-order valence-corrected chi connectivity index (χ0v) is 14.8. The summed E-state index contributed by atoms with van der Waals surface area (Å²) in [6, 6.07) is 12.1. The summed E-state index contributed by atoms with van der Waals surface area (Å²) in [7, 11) is 0. The maximum absolute atomic E-state index is 6.32. The maximum atomic E-state index is 6.32. The van der Waals surface area contributed by atoms with E-state index in [-0.39, 0.29) is 0 Å². The van der Waals surface area contributed by atoms with Crippen molar-refractivity contribution in [1.29, 1.82) is 0 Å². The average Bonchev–Trinajstić information content (AvgIpc) is 3.19. The van der Waals surface area contributed by atoms with E-state index in [1.165, 1.54) is 44.2 Å². The standard InChI is InChI=1S/C20H29N5/c21-19-6-1-2-7-20(19)23-16-5-3-13-24(15-16)17-8-10-18(11-9-17)25-14-4-12-22-25/h4,8-12,14,16,19-20,23H,1-3,5-7,13,15,21H2/t16-,19?,20?/m0/s1. The van der Waals surface area contributed by atoms with Gasteiger partial charge in [-0.2, -0.15) is 5.10 Å². The summed E-state index contributed by atoms with van der Waals surface area (Å²) >= 11 is 0. The Balaban J connectivity index is 1.39. The number of anilines is 1. The van der Waals surface area contributed by atoms with E-state index in [4.69, 9.17) is 5.73 Å². The molecule has 4 rings (SSSR count). The molecular weight excluding hydrogens is 310 g/mol. The highest BCUT2D eigenvalue weighted by molar-refractivity contribution is 5.51. The minimum atomic E-state index is 0.331. The lowest BCUT2D eigenvalue weighted by molar-refractivity contribution is 0.282. The summed E-state index contributed by atoms with van der Waals surface area (Å²) in [6.07, 6.45) is 11.3. The fraction of sp³-hybridized carbons (Fsp3) is 0.550. The summed E-state index contributed by atoms with van der Waals surface area (Å²) < 4.78 is 1.90. The van der Waals surface area contributed by atoms with Gasteiger partial charge in [0.2, 0.25) is 0 Å². The van der Waals surface area contributed by atoms with Gasteiger partial charge in [0.15, 0.2) is 0 Å². The molecule has 2 fully saturated rings. The molecule has 5 nitrogen and oxygen atoms in total. The predicted octanol–water partition coefficient (Wildman–Crippen LogP) is 2.70. The Morgan fingerprint density at radius 3 is 2.56 bits per heavy atom. The van der Waals surface area contributed by atoms with E-state index in [0.29, 0.717) is 18.1 Å². The van der Waals surface area contributed by atoms with Crippen LogP contribution in [-0.2, 0) is 0 Å². The number of aromatic nitrogens is 2. The summed E-state index contributed by atoms with van der Waals surface area (Å²) in [6.45, 7) is 2.21. The molecule has 1 aliphatic carbocycles. The van der Waals surface area contributed by atoms with Crippen molar-refractivity contribution in [3.63, 3.8) is 0 Å². The van der Waals surface area contributed by atoms with Gasteiger partial charge in [-0.1, -0.05) is 12.8 Å². The molecule has 134 valence electrons. The Morgan fingerprint density at radius 1 is 1.00 bits per heavy atom. The van der Waals surface area contributed by atoms with Crippen molar-refractivity contribution < 1.29 is 0 Å². The van der Waals surface area contributed by atoms with Gasteiger partial charge in [0, 0.05) is 49.3 Å². The van der Waals surface area contributed by atoms with Crippen LogP contribution in [0.3, 0.4) is 0 Å². The third kappa shape index (κ3) is 3.88. The predicted molar refractivity (Wildman–Crippen MR) is 102 cm³/mol. The molecule has 3 atom stereocenters. The number of piperidine rings is 1. The minimum absolute atomic E-state index is 0.331. The molecule has 1 aromatic carbocycles. The van der Waals surface area contributed by atoms with E-state index in [0.717, 1.165) is 18.8 Å². The Bertz CT molecular complexity index is 651. The first kappa shape index (κ1) is 16.6. The molecule has 2 unspecified atom stereocenters. The molecule has 0 bridgehead atoms. The summed E-state index contributed by atoms with van der Waals surface area (Å²) in [5.41, 5.74) is 8.73. The van der Waals surface area contributed by atoms with E-state index in [2.05, 4.69) is 39.6 Å². The van der Waals surface area contributed by atoms with Crippen molar-refractivity contribution in [2.24, 2.45) is 5.73 Å².